The van der Waals surface area contributed by atoms with E-state index in [0.29, 0.717) is 5.56 Å². The Kier molecular flexibility index (Phi) is 13.0. The number of rotatable bonds is 4. The molecule has 6 nitrogen and oxygen atoms in total. The average molecular weight is 478 g/mol. The van der Waals surface area contributed by atoms with Crippen LogP contribution in [0.3, 0.4) is 0 Å². The van der Waals surface area contributed by atoms with Gasteiger partial charge in [0, 0.05) is 27.7 Å². The number of Topliss-reactive ketones (excluding diaryl/α,β-unsaturated/α-hetero) is 2. The number of benzene rings is 2. The molecule has 0 spiro atoms. The smallest absolute Gasteiger partial charge is 0.204 e. The summed E-state index contributed by atoms with van der Waals surface area (Å²) in [6, 6.07) is 21.2. The van der Waals surface area contributed by atoms with Crippen LogP contribution in [0.25, 0.3) is 11.3 Å². The zero-order chi connectivity index (χ0) is 25.8. The second-order valence-electron chi connectivity index (χ2n) is 9.68. The van der Waals surface area contributed by atoms with E-state index in [1.165, 1.54) is 0 Å². The first kappa shape index (κ1) is 31.3. The third kappa shape index (κ3) is 11.3. The first-order chi connectivity index (χ1) is 15.9. The molecular formula is C29H39N3O3. The minimum Gasteiger partial charge on any atom is -0.372 e. The Morgan fingerprint density at radius 1 is 0.857 bits per heavy atom. The number of primary amides is 1. The van der Waals surface area contributed by atoms with Gasteiger partial charge in [0.15, 0.2) is 5.78 Å². The normalized spacial score (nSPS) is 10.3. The van der Waals surface area contributed by atoms with Gasteiger partial charge in [-0.1, -0.05) is 110 Å². The number of hydrogen-bond acceptors (Lipinski definition) is 5. The van der Waals surface area contributed by atoms with Crippen LogP contribution in [0.5, 0.6) is 0 Å². The SMILES string of the molecule is C.CC(C)(C)C(=O)CC(=O)c1ccccc1.CC(C)(C)c1cc(-c2ccccc2)ncn1.NC=O. The van der Waals surface area contributed by atoms with Crippen LogP contribution in [-0.4, -0.2) is 27.9 Å². The summed E-state index contributed by atoms with van der Waals surface area (Å²) >= 11 is 0. The van der Waals surface area contributed by atoms with E-state index in [2.05, 4.69) is 54.7 Å². The first-order valence-corrected chi connectivity index (χ1v) is 11.0. The molecule has 1 heterocycles. The van der Waals surface area contributed by atoms with Crippen molar-refractivity contribution in [2.75, 3.05) is 0 Å². The highest BCUT2D eigenvalue weighted by Gasteiger charge is 2.23. The molecule has 6 heteroatoms. The van der Waals surface area contributed by atoms with Gasteiger partial charge in [-0.15, -0.1) is 0 Å². The topological polar surface area (TPSA) is 103 Å². The minimum atomic E-state index is -0.440. The van der Waals surface area contributed by atoms with Crippen LogP contribution >= 0.6 is 0 Å². The van der Waals surface area contributed by atoms with Crippen molar-refractivity contribution < 1.29 is 14.4 Å². The summed E-state index contributed by atoms with van der Waals surface area (Å²) < 4.78 is 0. The molecule has 0 saturated carbocycles. The fraction of sp³-hybridized carbons (Fsp3) is 0.345. The molecule has 0 fully saturated rings. The maximum atomic E-state index is 11.7. The van der Waals surface area contributed by atoms with Crippen molar-refractivity contribution in [2.45, 2.75) is 60.8 Å². The minimum absolute atomic E-state index is 0. The van der Waals surface area contributed by atoms with Crippen molar-refractivity contribution in [1.29, 1.82) is 0 Å². The van der Waals surface area contributed by atoms with E-state index < -0.39 is 5.41 Å². The lowest BCUT2D eigenvalue weighted by atomic mass is 9.87. The van der Waals surface area contributed by atoms with Gasteiger partial charge < -0.3 is 5.73 Å². The van der Waals surface area contributed by atoms with Gasteiger partial charge in [-0.25, -0.2) is 9.97 Å². The Labute approximate surface area is 210 Å². The third-order valence-corrected chi connectivity index (χ3v) is 4.76. The molecule has 0 aliphatic rings. The largest absolute Gasteiger partial charge is 0.372 e. The average Bonchev–Trinajstić information content (AvgIpc) is 2.80. The molecule has 0 atom stereocenters. The molecule has 3 aromatic rings. The molecule has 0 bridgehead atoms. The number of carbonyl (C=O) groups is 3. The number of amides is 1. The Bertz CT molecular complexity index is 1050. The van der Waals surface area contributed by atoms with Gasteiger partial charge in [-0.3, -0.25) is 14.4 Å². The fourth-order valence-electron chi connectivity index (χ4n) is 2.67. The molecule has 0 saturated heterocycles. The summed E-state index contributed by atoms with van der Waals surface area (Å²) in [6.45, 7) is 12.0. The lowest BCUT2D eigenvalue weighted by Gasteiger charge is -2.17. The first-order valence-electron chi connectivity index (χ1n) is 11.0. The quantitative estimate of drug-likeness (QED) is 0.280. The van der Waals surface area contributed by atoms with Gasteiger partial charge in [0.25, 0.3) is 0 Å². The maximum absolute atomic E-state index is 11.7. The summed E-state index contributed by atoms with van der Waals surface area (Å²) in [5.74, 6) is -0.119. The van der Waals surface area contributed by atoms with Crippen molar-refractivity contribution >= 4 is 18.0 Å². The van der Waals surface area contributed by atoms with E-state index in [0.717, 1.165) is 17.0 Å². The summed E-state index contributed by atoms with van der Waals surface area (Å²) in [5.41, 5.74) is 7.59. The number of aromatic nitrogens is 2. The fourth-order valence-corrected chi connectivity index (χ4v) is 2.67. The molecule has 2 N–H and O–H groups in total. The summed E-state index contributed by atoms with van der Waals surface area (Å²) in [6.07, 6.45) is 1.89. The molecule has 0 aliphatic carbocycles. The number of carbonyl (C=O) groups excluding carboxylic acids is 3. The van der Waals surface area contributed by atoms with Crippen molar-refractivity contribution in [3.05, 3.63) is 84.3 Å². The van der Waals surface area contributed by atoms with Gasteiger partial charge in [-0.2, -0.15) is 0 Å². The van der Waals surface area contributed by atoms with Gasteiger partial charge in [0.05, 0.1) is 12.1 Å². The Balaban J connectivity index is 0.000000580. The lowest BCUT2D eigenvalue weighted by molar-refractivity contribution is -0.125. The highest BCUT2D eigenvalue weighted by atomic mass is 16.1. The predicted molar refractivity (Wildman–Crippen MR) is 143 cm³/mol. The lowest BCUT2D eigenvalue weighted by Crippen LogP contribution is -2.23. The van der Waals surface area contributed by atoms with E-state index in [1.54, 1.807) is 30.6 Å². The predicted octanol–water partition coefficient (Wildman–Crippen LogP) is 6.05. The maximum Gasteiger partial charge on any atom is 0.204 e. The molecule has 35 heavy (non-hydrogen) atoms. The molecule has 0 aliphatic heterocycles. The number of nitrogens with two attached hydrogens (primary N) is 1. The standard InChI is InChI=1S/C14H16N2.C13H16O2.CH3NO.CH4/c1-14(2,3)13-9-12(15-10-16-13)11-7-5-4-6-8-11;1-13(2,3)12(15)9-11(14)10-7-5-4-6-8-10;2-1-3;/h4-10H,1-3H3;4-8H,9H2,1-3H3;1H,(H2,2,3);1H4. The number of nitrogens with zero attached hydrogens (tertiary/aromatic N) is 2. The molecule has 188 valence electrons. The summed E-state index contributed by atoms with van der Waals surface area (Å²) in [5, 5.41) is 0. The van der Waals surface area contributed by atoms with E-state index in [9.17, 15) is 9.59 Å². The number of hydrogen-bond donors (Lipinski definition) is 1. The number of ketones is 2. The van der Waals surface area contributed by atoms with Crippen molar-refractivity contribution in [3.63, 3.8) is 0 Å². The molecular weight excluding hydrogens is 438 g/mol. The molecule has 0 radical (unpaired) electrons. The van der Waals surface area contributed by atoms with Crippen molar-refractivity contribution in [2.24, 2.45) is 11.1 Å². The van der Waals surface area contributed by atoms with E-state index in [4.69, 9.17) is 4.79 Å². The van der Waals surface area contributed by atoms with Crippen LogP contribution in [0, 0.1) is 5.41 Å². The monoisotopic (exact) mass is 477 g/mol. The molecule has 1 amide bonds. The Morgan fingerprint density at radius 2 is 1.34 bits per heavy atom. The highest BCUT2D eigenvalue weighted by molar-refractivity contribution is 6.09. The summed E-state index contributed by atoms with van der Waals surface area (Å²) in [4.78, 5) is 40.5. The zero-order valence-corrected chi connectivity index (χ0v) is 20.9. The molecule has 0 unspecified atom stereocenters. The van der Waals surface area contributed by atoms with Crippen LogP contribution in [0.2, 0.25) is 0 Å². The van der Waals surface area contributed by atoms with Gasteiger partial charge in [0.1, 0.15) is 12.1 Å². The second-order valence-corrected chi connectivity index (χ2v) is 9.68. The van der Waals surface area contributed by atoms with Gasteiger partial charge in [0.2, 0.25) is 6.41 Å². The summed E-state index contributed by atoms with van der Waals surface area (Å²) in [7, 11) is 0. The van der Waals surface area contributed by atoms with E-state index in [1.807, 2.05) is 45.0 Å². The van der Waals surface area contributed by atoms with Crippen molar-refractivity contribution in [1.82, 2.24) is 9.97 Å². The second kappa shape index (κ2) is 14.6. The molecule has 3 rings (SSSR count). The molecule has 1 aromatic heterocycles. The van der Waals surface area contributed by atoms with Gasteiger partial charge >= 0.3 is 0 Å². The van der Waals surface area contributed by atoms with Crippen LogP contribution in [-0.2, 0) is 15.0 Å². The third-order valence-electron chi connectivity index (χ3n) is 4.76. The van der Waals surface area contributed by atoms with Crippen LogP contribution in [0.4, 0.5) is 0 Å². The van der Waals surface area contributed by atoms with E-state index in [-0.39, 0.29) is 37.2 Å². The van der Waals surface area contributed by atoms with Crippen LogP contribution < -0.4 is 5.73 Å². The highest BCUT2D eigenvalue weighted by Crippen LogP contribution is 2.23. The van der Waals surface area contributed by atoms with Crippen LogP contribution in [0.1, 0.15) is 71.4 Å². The van der Waals surface area contributed by atoms with Gasteiger partial charge in [-0.05, 0) is 6.07 Å². The Hall–Kier alpha value is -3.67. The van der Waals surface area contributed by atoms with E-state index >= 15 is 0 Å². The van der Waals surface area contributed by atoms with Crippen LogP contribution in [0.15, 0.2) is 73.1 Å². The Morgan fingerprint density at radius 3 is 1.80 bits per heavy atom. The zero-order valence-electron chi connectivity index (χ0n) is 20.9. The molecule has 2 aromatic carbocycles. The van der Waals surface area contributed by atoms with Crippen molar-refractivity contribution in [3.8, 4) is 11.3 Å².